The number of ether oxygens (including phenoxy) is 2. The summed E-state index contributed by atoms with van der Waals surface area (Å²) >= 11 is 0. The lowest BCUT2D eigenvalue weighted by atomic mass is 10.2. The maximum Gasteiger partial charge on any atom is 0.348 e. The molecule has 6 nitrogen and oxygen atoms in total. The van der Waals surface area contributed by atoms with Gasteiger partial charge in [0.05, 0.1) is 19.2 Å². The van der Waals surface area contributed by atoms with Gasteiger partial charge in [-0.05, 0) is 30.7 Å². The van der Waals surface area contributed by atoms with Crippen molar-refractivity contribution in [1.82, 2.24) is 9.88 Å². The van der Waals surface area contributed by atoms with Gasteiger partial charge in [0.1, 0.15) is 5.75 Å². The summed E-state index contributed by atoms with van der Waals surface area (Å²) in [6.45, 7) is 4.22. The number of hydrogen-bond acceptors (Lipinski definition) is 4. The number of methoxy groups -OCH3 is 1. The molecule has 6 heteroatoms. The topological polar surface area (TPSA) is 69.6 Å². The average Bonchev–Trinajstić information content (AvgIpc) is 3.01. The summed E-state index contributed by atoms with van der Waals surface area (Å²) in [4.78, 5) is 23.3. The molecule has 0 radical (unpaired) electrons. The van der Waals surface area contributed by atoms with Crippen molar-refractivity contribution in [2.24, 2.45) is 0 Å². The highest BCUT2D eigenvalue weighted by Gasteiger charge is 2.23. The molecule has 0 saturated carbocycles. The molecule has 1 unspecified atom stereocenters. The number of fused-ring (bicyclic) bond motifs is 1. The summed E-state index contributed by atoms with van der Waals surface area (Å²) in [6.07, 6.45) is -0.919. The van der Waals surface area contributed by atoms with Crippen LogP contribution in [0.15, 0.2) is 54.6 Å². The maximum atomic E-state index is 12.1. The molecule has 146 valence electrons. The molecule has 1 heterocycles. The lowest BCUT2D eigenvalue weighted by Crippen LogP contribution is -2.40. The molecule has 0 bridgehead atoms. The third-order valence-corrected chi connectivity index (χ3v) is 4.57. The normalized spacial score (nSPS) is 11.8. The molecule has 1 atom stereocenters. The van der Waals surface area contributed by atoms with Gasteiger partial charge in [0.25, 0.3) is 0 Å². The number of carbonyl (C=O) groups is 2. The smallest absolute Gasteiger partial charge is 0.348 e. The first kappa shape index (κ1) is 19.5. The van der Waals surface area contributed by atoms with Gasteiger partial charge in [0, 0.05) is 24.5 Å². The Bertz CT molecular complexity index is 979. The van der Waals surface area contributed by atoms with Gasteiger partial charge in [0.2, 0.25) is 12.0 Å². The Morgan fingerprint density at radius 2 is 1.86 bits per heavy atom. The number of carbonyl (C=O) groups excluding carboxylic acids is 2. The van der Waals surface area contributed by atoms with Gasteiger partial charge in [-0.15, -0.1) is 0 Å². The molecule has 3 rings (SSSR count). The fraction of sp³-hybridized carbons (Fsp3) is 0.273. The fourth-order valence-electron chi connectivity index (χ4n) is 3.16. The molecule has 1 N–H and O–H groups in total. The number of rotatable bonds is 7. The minimum absolute atomic E-state index is 0.0438. The van der Waals surface area contributed by atoms with Gasteiger partial charge in [-0.2, -0.15) is 0 Å². The molecule has 28 heavy (non-hydrogen) atoms. The van der Waals surface area contributed by atoms with E-state index in [9.17, 15) is 9.59 Å². The summed E-state index contributed by atoms with van der Waals surface area (Å²) < 4.78 is 13.0. The van der Waals surface area contributed by atoms with Crippen LogP contribution in [-0.4, -0.2) is 36.2 Å². The lowest BCUT2D eigenvalue weighted by Gasteiger charge is -2.18. The molecule has 0 aliphatic rings. The van der Waals surface area contributed by atoms with Crippen LogP contribution in [0.5, 0.6) is 5.75 Å². The highest BCUT2D eigenvalue weighted by molar-refractivity contribution is 5.88. The van der Waals surface area contributed by atoms with Crippen LogP contribution in [0.2, 0.25) is 0 Å². The van der Waals surface area contributed by atoms with Crippen molar-refractivity contribution >= 4 is 22.8 Å². The van der Waals surface area contributed by atoms with Crippen molar-refractivity contribution < 1.29 is 19.1 Å². The molecule has 0 saturated heterocycles. The number of benzene rings is 2. The first-order valence-electron chi connectivity index (χ1n) is 9.11. The molecule has 1 aromatic heterocycles. The molecule has 0 aliphatic carbocycles. The third-order valence-electron chi connectivity index (χ3n) is 4.57. The number of amides is 1. The number of nitrogens with one attached hydrogen (secondary N) is 1. The minimum Gasteiger partial charge on any atom is -0.476 e. The summed E-state index contributed by atoms with van der Waals surface area (Å²) in [5, 5.41) is 3.52. The first-order valence-corrected chi connectivity index (χ1v) is 9.11. The van der Waals surface area contributed by atoms with Gasteiger partial charge >= 0.3 is 5.97 Å². The highest BCUT2D eigenvalue weighted by atomic mass is 16.6. The van der Waals surface area contributed by atoms with Gasteiger partial charge in [-0.25, -0.2) is 4.79 Å². The Morgan fingerprint density at radius 1 is 1.11 bits per heavy atom. The van der Waals surface area contributed by atoms with Crippen LogP contribution in [0.4, 0.5) is 0 Å². The van der Waals surface area contributed by atoms with Crippen LogP contribution in [0, 0.1) is 6.92 Å². The Hall–Kier alpha value is -3.28. The van der Waals surface area contributed by atoms with Crippen LogP contribution in [0.1, 0.15) is 18.2 Å². The van der Waals surface area contributed by atoms with E-state index in [4.69, 9.17) is 9.47 Å². The Balaban J connectivity index is 1.92. The maximum absolute atomic E-state index is 12.1. The van der Waals surface area contributed by atoms with E-state index in [0.29, 0.717) is 5.75 Å². The van der Waals surface area contributed by atoms with E-state index in [1.54, 1.807) is 0 Å². The van der Waals surface area contributed by atoms with Crippen molar-refractivity contribution in [3.63, 3.8) is 0 Å². The van der Waals surface area contributed by atoms with E-state index in [0.717, 1.165) is 23.1 Å². The van der Waals surface area contributed by atoms with E-state index >= 15 is 0 Å². The second-order valence-electron chi connectivity index (χ2n) is 6.61. The largest absolute Gasteiger partial charge is 0.476 e. The van der Waals surface area contributed by atoms with E-state index in [1.807, 2.05) is 49.4 Å². The van der Waals surface area contributed by atoms with Crippen molar-refractivity contribution in [3.8, 4) is 5.75 Å². The zero-order valence-electron chi connectivity index (χ0n) is 16.3. The number of esters is 1. The summed E-state index contributed by atoms with van der Waals surface area (Å²) in [5.41, 5.74) is 3.31. The van der Waals surface area contributed by atoms with Gasteiger partial charge < -0.3 is 19.4 Å². The predicted molar refractivity (Wildman–Crippen MR) is 107 cm³/mol. The standard InChI is InChI=1S/C22H24N2O4/c1-15-12-18-19(24(15)14-17-8-5-4-6-9-17)10-7-11-20(18)28-21(22(26)27-3)13-23-16(2)25/h4-12,21H,13-14H2,1-3H3,(H,23,25). The van der Waals surface area contributed by atoms with E-state index in [1.165, 1.54) is 19.6 Å². The molecule has 1 amide bonds. The van der Waals surface area contributed by atoms with Crippen LogP contribution >= 0.6 is 0 Å². The Morgan fingerprint density at radius 3 is 2.54 bits per heavy atom. The van der Waals surface area contributed by atoms with Gasteiger partial charge in [-0.3, -0.25) is 4.79 Å². The van der Waals surface area contributed by atoms with Crippen LogP contribution in [0.25, 0.3) is 10.9 Å². The van der Waals surface area contributed by atoms with Gasteiger partial charge in [0.15, 0.2) is 0 Å². The Kier molecular flexibility index (Phi) is 5.99. The SMILES string of the molecule is COC(=O)C(CNC(C)=O)Oc1cccc2c1cc(C)n2Cc1ccccc1. The average molecular weight is 380 g/mol. The zero-order valence-corrected chi connectivity index (χ0v) is 16.3. The second-order valence-corrected chi connectivity index (χ2v) is 6.61. The lowest BCUT2D eigenvalue weighted by molar-refractivity contribution is -0.148. The van der Waals surface area contributed by atoms with Gasteiger partial charge in [-0.1, -0.05) is 36.4 Å². The van der Waals surface area contributed by atoms with Crippen LogP contribution in [-0.2, 0) is 20.9 Å². The van der Waals surface area contributed by atoms with Crippen molar-refractivity contribution in [3.05, 3.63) is 65.9 Å². The minimum atomic E-state index is -0.919. The van der Waals surface area contributed by atoms with Crippen LogP contribution in [0.3, 0.4) is 0 Å². The van der Waals surface area contributed by atoms with Crippen LogP contribution < -0.4 is 10.1 Å². The summed E-state index contributed by atoms with van der Waals surface area (Å²) in [6, 6.07) is 18.0. The molecule has 0 fully saturated rings. The summed E-state index contributed by atoms with van der Waals surface area (Å²) in [5.74, 6) is -0.195. The predicted octanol–water partition coefficient (Wildman–Crippen LogP) is 3.05. The zero-order chi connectivity index (χ0) is 20.1. The van der Waals surface area contributed by atoms with Crippen molar-refractivity contribution in [2.45, 2.75) is 26.5 Å². The quantitative estimate of drug-likeness (QED) is 0.640. The van der Waals surface area contributed by atoms with E-state index in [-0.39, 0.29) is 12.5 Å². The molecule has 0 aliphatic heterocycles. The molecular formula is C22H24N2O4. The van der Waals surface area contributed by atoms with E-state index in [2.05, 4.69) is 22.0 Å². The molecule has 0 spiro atoms. The number of aromatic nitrogens is 1. The molecule has 2 aromatic carbocycles. The fourth-order valence-corrected chi connectivity index (χ4v) is 3.16. The van der Waals surface area contributed by atoms with Crippen molar-refractivity contribution in [1.29, 1.82) is 0 Å². The number of nitrogens with zero attached hydrogens (tertiary/aromatic N) is 1. The third kappa shape index (κ3) is 4.34. The highest BCUT2D eigenvalue weighted by Crippen LogP contribution is 2.30. The summed E-state index contributed by atoms with van der Waals surface area (Å²) in [7, 11) is 1.30. The van der Waals surface area contributed by atoms with E-state index < -0.39 is 12.1 Å². The monoisotopic (exact) mass is 380 g/mol. The molecular weight excluding hydrogens is 356 g/mol. The second kappa shape index (κ2) is 8.61. The number of hydrogen-bond donors (Lipinski definition) is 1. The number of aryl methyl sites for hydroxylation is 1. The molecule has 3 aromatic rings. The Labute approximate surface area is 164 Å². The first-order chi connectivity index (χ1) is 13.5. The van der Waals surface area contributed by atoms with Crippen molar-refractivity contribution in [2.75, 3.05) is 13.7 Å².